The summed E-state index contributed by atoms with van der Waals surface area (Å²) in [6.07, 6.45) is 1.21. The summed E-state index contributed by atoms with van der Waals surface area (Å²) >= 11 is 6.47. The molecule has 0 unspecified atom stereocenters. The molecule has 0 saturated carbocycles. The maximum atomic E-state index is 12.6. The molecule has 2 heterocycles. The number of nitrogens with zero attached hydrogens (tertiary/aromatic N) is 1. The second kappa shape index (κ2) is 9.09. The molecule has 0 aliphatic carbocycles. The zero-order valence-corrected chi connectivity index (χ0v) is 17.9. The molecule has 1 saturated heterocycles. The third-order valence-corrected chi connectivity index (χ3v) is 5.78. The van der Waals surface area contributed by atoms with Crippen molar-refractivity contribution in [2.24, 2.45) is 0 Å². The molecule has 162 valence electrons. The number of morpholine rings is 1. The van der Waals surface area contributed by atoms with Gasteiger partial charge in [0.1, 0.15) is 17.9 Å². The van der Waals surface area contributed by atoms with Crippen LogP contribution in [0.25, 0.3) is 22.0 Å². The molecular formula is C23H23ClN2O5. The van der Waals surface area contributed by atoms with E-state index in [9.17, 15) is 14.7 Å². The fourth-order valence-electron chi connectivity index (χ4n) is 3.79. The highest BCUT2D eigenvalue weighted by Gasteiger charge is 2.17. The quantitative estimate of drug-likeness (QED) is 0.606. The van der Waals surface area contributed by atoms with Gasteiger partial charge in [0.15, 0.2) is 0 Å². The average molecular weight is 443 g/mol. The van der Waals surface area contributed by atoms with Crippen molar-refractivity contribution in [1.29, 1.82) is 0 Å². The summed E-state index contributed by atoms with van der Waals surface area (Å²) in [7, 11) is 0. The highest BCUT2D eigenvalue weighted by molar-refractivity contribution is 6.35. The van der Waals surface area contributed by atoms with Gasteiger partial charge in [0.05, 0.1) is 23.8 Å². The number of nitrogens with one attached hydrogen (secondary N) is 1. The molecule has 0 spiro atoms. The van der Waals surface area contributed by atoms with Gasteiger partial charge >= 0.3 is 5.97 Å². The van der Waals surface area contributed by atoms with Crippen molar-refractivity contribution in [2.75, 3.05) is 39.5 Å². The topological polar surface area (TPSA) is 91.9 Å². The molecule has 8 heteroatoms. The van der Waals surface area contributed by atoms with Crippen LogP contribution in [0.4, 0.5) is 0 Å². The SMILES string of the molecule is Cc1cc(-c2c(Cl)ccc3c(=O)c(C(=O)O)c[nH]c23)ccc1OCCN1CCOCC1. The lowest BCUT2D eigenvalue weighted by Crippen LogP contribution is -2.38. The third-order valence-electron chi connectivity index (χ3n) is 5.47. The number of aryl methyl sites for hydroxylation is 1. The molecule has 1 aromatic heterocycles. The Morgan fingerprint density at radius 2 is 2.03 bits per heavy atom. The Hall–Kier alpha value is -2.87. The predicted octanol–water partition coefficient (Wildman–Crippen LogP) is 3.57. The summed E-state index contributed by atoms with van der Waals surface area (Å²) in [5.74, 6) is -0.482. The van der Waals surface area contributed by atoms with Gasteiger partial charge in [-0.2, -0.15) is 0 Å². The van der Waals surface area contributed by atoms with Crippen molar-refractivity contribution in [1.82, 2.24) is 9.88 Å². The van der Waals surface area contributed by atoms with Crippen molar-refractivity contribution in [3.63, 3.8) is 0 Å². The number of halogens is 1. The second-order valence-corrected chi connectivity index (χ2v) is 7.87. The van der Waals surface area contributed by atoms with Crippen LogP contribution < -0.4 is 10.2 Å². The lowest BCUT2D eigenvalue weighted by atomic mass is 9.99. The number of carbonyl (C=O) groups is 1. The minimum Gasteiger partial charge on any atom is -0.492 e. The van der Waals surface area contributed by atoms with Crippen LogP contribution in [0.1, 0.15) is 15.9 Å². The standard InChI is InChI=1S/C23H23ClN2O5/c1-14-12-15(2-5-19(14)31-11-8-26-6-9-30-10-7-26)20-18(24)4-3-16-21(20)25-13-17(22(16)27)23(28)29/h2-5,12-13H,6-11H2,1H3,(H,25,27)(H,28,29). The van der Waals surface area contributed by atoms with E-state index in [4.69, 9.17) is 21.1 Å². The van der Waals surface area contributed by atoms with Gasteiger partial charge in [0.2, 0.25) is 5.43 Å². The Bertz CT molecular complexity index is 1180. The summed E-state index contributed by atoms with van der Waals surface area (Å²) in [6.45, 7) is 6.74. The van der Waals surface area contributed by atoms with Gasteiger partial charge in [0, 0.05) is 36.8 Å². The summed E-state index contributed by atoms with van der Waals surface area (Å²) < 4.78 is 11.3. The van der Waals surface area contributed by atoms with Crippen molar-refractivity contribution < 1.29 is 19.4 Å². The molecule has 0 bridgehead atoms. The number of rotatable bonds is 6. The first-order chi connectivity index (χ1) is 15.0. The molecule has 4 rings (SSSR count). The minimum atomic E-state index is -1.27. The lowest BCUT2D eigenvalue weighted by molar-refractivity contribution is 0.0322. The van der Waals surface area contributed by atoms with Crippen molar-refractivity contribution in [2.45, 2.75) is 6.92 Å². The van der Waals surface area contributed by atoms with Crippen LogP contribution in [0.3, 0.4) is 0 Å². The largest absolute Gasteiger partial charge is 0.492 e. The summed E-state index contributed by atoms with van der Waals surface area (Å²) in [5, 5.41) is 9.96. The number of ether oxygens (including phenoxy) is 2. The number of benzene rings is 2. The normalized spacial score (nSPS) is 14.6. The molecule has 1 aliphatic heterocycles. The Kier molecular flexibility index (Phi) is 6.27. The van der Waals surface area contributed by atoms with Crippen LogP contribution in [0.15, 0.2) is 41.3 Å². The molecule has 7 nitrogen and oxygen atoms in total. The molecule has 1 aliphatic rings. The number of aromatic carboxylic acids is 1. The van der Waals surface area contributed by atoms with Gasteiger partial charge in [0.25, 0.3) is 0 Å². The molecule has 0 amide bonds. The first-order valence-corrected chi connectivity index (χ1v) is 10.4. The molecule has 0 radical (unpaired) electrons. The molecule has 1 fully saturated rings. The summed E-state index contributed by atoms with van der Waals surface area (Å²) in [4.78, 5) is 29.1. The van der Waals surface area contributed by atoms with Crippen LogP contribution >= 0.6 is 11.6 Å². The zero-order valence-electron chi connectivity index (χ0n) is 17.1. The van der Waals surface area contributed by atoms with Gasteiger partial charge in [-0.05, 0) is 42.3 Å². The smallest absolute Gasteiger partial charge is 0.341 e. The summed E-state index contributed by atoms with van der Waals surface area (Å²) in [6, 6.07) is 8.89. The van der Waals surface area contributed by atoms with Crippen molar-refractivity contribution in [3.05, 3.63) is 62.9 Å². The van der Waals surface area contributed by atoms with E-state index in [0.29, 0.717) is 22.7 Å². The second-order valence-electron chi connectivity index (χ2n) is 7.46. The number of hydrogen-bond donors (Lipinski definition) is 2. The number of fused-ring (bicyclic) bond motifs is 1. The van der Waals surface area contributed by atoms with Crippen LogP contribution in [-0.4, -0.2) is 60.4 Å². The first-order valence-electron chi connectivity index (χ1n) is 10.1. The van der Waals surface area contributed by atoms with E-state index < -0.39 is 11.4 Å². The lowest BCUT2D eigenvalue weighted by Gasteiger charge is -2.26. The molecule has 31 heavy (non-hydrogen) atoms. The number of aromatic amines is 1. The fraction of sp³-hybridized carbons (Fsp3) is 0.304. The van der Waals surface area contributed by atoms with Gasteiger partial charge in [-0.15, -0.1) is 0 Å². The van der Waals surface area contributed by atoms with Crippen LogP contribution in [0.5, 0.6) is 5.75 Å². The monoisotopic (exact) mass is 442 g/mol. The number of pyridine rings is 1. The molecule has 0 atom stereocenters. The number of carboxylic acid groups (broad SMARTS) is 1. The van der Waals surface area contributed by atoms with E-state index in [1.54, 1.807) is 12.1 Å². The van der Waals surface area contributed by atoms with E-state index in [1.807, 2.05) is 25.1 Å². The number of hydrogen-bond acceptors (Lipinski definition) is 5. The highest BCUT2D eigenvalue weighted by Crippen LogP contribution is 2.35. The maximum Gasteiger partial charge on any atom is 0.341 e. The van der Waals surface area contributed by atoms with E-state index >= 15 is 0 Å². The predicted molar refractivity (Wildman–Crippen MR) is 119 cm³/mol. The molecule has 3 aromatic rings. The highest BCUT2D eigenvalue weighted by atomic mass is 35.5. The number of H-pyrrole nitrogens is 1. The number of aromatic nitrogens is 1. The van der Waals surface area contributed by atoms with Crippen LogP contribution in [0, 0.1) is 6.92 Å². The van der Waals surface area contributed by atoms with Gasteiger partial charge in [-0.1, -0.05) is 17.7 Å². The van der Waals surface area contributed by atoms with Gasteiger partial charge in [-0.25, -0.2) is 4.79 Å². The Labute approximate surface area is 184 Å². The first kappa shape index (κ1) is 21.4. The Morgan fingerprint density at radius 1 is 1.26 bits per heavy atom. The number of carboxylic acids is 1. The van der Waals surface area contributed by atoms with Crippen molar-refractivity contribution in [3.8, 4) is 16.9 Å². The molecule has 2 aromatic carbocycles. The zero-order chi connectivity index (χ0) is 22.0. The molecular weight excluding hydrogens is 420 g/mol. The Morgan fingerprint density at radius 3 is 2.74 bits per heavy atom. The van der Waals surface area contributed by atoms with Crippen LogP contribution in [-0.2, 0) is 4.74 Å². The minimum absolute atomic E-state index is 0.280. The van der Waals surface area contributed by atoms with E-state index in [0.717, 1.165) is 49.7 Å². The third kappa shape index (κ3) is 4.44. The molecule has 2 N–H and O–H groups in total. The van der Waals surface area contributed by atoms with E-state index in [2.05, 4.69) is 9.88 Å². The van der Waals surface area contributed by atoms with Crippen molar-refractivity contribution >= 4 is 28.5 Å². The summed E-state index contributed by atoms with van der Waals surface area (Å²) in [5.41, 5.74) is 2.06. The van der Waals surface area contributed by atoms with Crippen LogP contribution in [0.2, 0.25) is 5.02 Å². The average Bonchev–Trinajstić information content (AvgIpc) is 2.75. The maximum absolute atomic E-state index is 12.6. The fourth-order valence-corrected chi connectivity index (χ4v) is 4.06. The van der Waals surface area contributed by atoms with E-state index in [1.165, 1.54) is 6.20 Å². The van der Waals surface area contributed by atoms with Gasteiger partial charge in [-0.3, -0.25) is 9.69 Å². The van der Waals surface area contributed by atoms with Gasteiger partial charge < -0.3 is 19.6 Å². The Balaban J connectivity index is 1.61. The van der Waals surface area contributed by atoms with E-state index in [-0.39, 0.29) is 10.9 Å².